The van der Waals surface area contributed by atoms with Gasteiger partial charge in [-0.3, -0.25) is 9.36 Å². The molecule has 0 aliphatic heterocycles. The molecule has 1 amide bonds. The van der Waals surface area contributed by atoms with Gasteiger partial charge in [0, 0.05) is 6.20 Å². The summed E-state index contributed by atoms with van der Waals surface area (Å²) in [6.07, 6.45) is 1.69. The van der Waals surface area contributed by atoms with Crippen molar-refractivity contribution in [2.45, 2.75) is 32.2 Å². The summed E-state index contributed by atoms with van der Waals surface area (Å²) in [4.78, 5) is 20.2. The largest absolute Gasteiger partial charge is 0.368 e. The van der Waals surface area contributed by atoms with Crippen LogP contribution < -0.4 is 5.73 Å². The van der Waals surface area contributed by atoms with Crippen LogP contribution in [0.25, 0.3) is 11.2 Å². The normalized spacial score (nSPS) is 14.7. The minimum Gasteiger partial charge on any atom is -0.368 e. The van der Waals surface area contributed by atoms with Gasteiger partial charge in [0.25, 0.3) is 0 Å². The third kappa shape index (κ3) is 1.95. The number of nitrogens with two attached hydrogens (primary N) is 1. The van der Waals surface area contributed by atoms with E-state index >= 15 is 0 Å². The lowest BCUT2D eigenvalue weighted by Gasteiger charge is -2.14. The number of hydrogen-bond donors (Lipinski definition) is 1. The predicted octanol–water partition coefficient (Wildman–Crippen LogP) is 2.09. The first-order valence-electron chi connectivity index (χ1n) is 5.70. The van der Waals surface area contributed by atoms with Crippen LogP contribution in [-0.2, 0) is 4.79 Å². The number of hydrogen-bond acceptors (Lipinski definition) is 3. The van der Waals surface area contributed by atoms with Crippen LogP contribution in [0.4, 0.5) is 0 Å². The number of aromatic nitrogens is 3. The maximum Gasteiger partial charge on any atom is 0.240 e. The molecule has 0 aromatic carbocycles. The first kappa shape index (κ1) is 12.8. The van der Waals surface area contributed by atoms with Crippen molar-refractivity contribution in [3.8, 4) is 0 Å². The molecule has 0 radical (unpaired) electrons. The molecule has 6 heteroatoms. The zero-order chi connectivity index (χ0) is 13.4. The highest BCUT2D eigenvalue weighted by Crippen LogP contribution is 2.28. The number of rotatable bonds is 3. The Labute approximate surface area is 110 Å². The molecule has 2 aromatic heterocycles. The Kier molecular flexibility index (Phi) is 3.26. The first-order valence-corrected chi connectivity index (χ1v) is 6.14. The first-order chi connectivity index (χ1) is 8.43. The smallest absolute Gasteiger partial charge is 0.240 e. The van der Waals surface area contributed by atoms with Crippen molar-refractivity contribution in [1.29, 1.82) is 0 Å². The van der Waals surface area contributed by atoms with E-state index in [2.05, 4.69) is 9.97 Å². The fourth-order valence-corrected chi connectivity index (χ4v) is 2.07. The number of carbonyl (C=O) groups excluding carboxylic acids is 1. The predicted molar refractivity (Wildman–Crippen MR) is 70.4 cm³/mol. The van der Waals surface area contributed by atoms with Gasteiger partial charge in [0.2, 0.25) is 5.91 Å². The summed E-state index contributed by atoms with van der Waals surface area (Å²) in [7, 11) is 0. The molecule has 2 N–H and O–H groups in total. The van der Waals surface area contributed by atoms with Gasteiger partial charge in [0.05, 0.1) is 5.38 Å². The molecule has 18 heavy (non-hydrogen) atoms. The molecule has 96 valence electrons. The Hall–Kier alpha value is -1.62. The average molecular weight is 267 g/mol. The van der Waals surface area contributed by atoms with Gasteiger partial charge in [0.15, 0.2) is 5.65 Å². The summed E-state index contributed by atoms with van der Waals surface area (Å²) in [5, 5.41) is -0.319. The van der Waals surface area contributed by atoms with Gasteiger partial charge in [-0.1, -0.05) is 0 Å². The number of pyridine rings is 1. The summed E-state index contributed by atoms with van der Waals surface area (Å²) in [6.45, 7) is 5.47. The van der Waals surface area contributed by atoms with Gasteiger partial charge in [-0.25, -0.2) is 9.97 Å². The third-order valence-corrected chi connectivity index (χ3v) is 3.16. The monoisotopic (exact) mass is 266 g/mol. The molecule has 0 spiro atoms. The minimum atomic E-state index is -0.527. The maximum absolute atomic E-state index is 11.4. The molecule has 5 nitrogen and oxygen atoms in total. The molecule has 0 aliphatic carbocycles. The van der Waals surface area contributed by atoms with Gasteiger partial charge in [-0.2, -0.15) is 0 Å². The van der Waals surface area contributed by atoms with Crippen LogP contribution in [0.5, 0.6) is 0 Å². The van der Waals surface area contributed by atoms with E-state index in [0.29, 0.717) is 11.5 Å². The lowest BCUT2D eigenvalue weighted by atomic mass is 10.2. The molecule has 2 heterocycles. The van der Waals surface area contributed by atoms with Crippen molar-refractivity contribution < 1.29 is 4.79 Å². The van der Waals surface area contributed by atoms with E-state index in [1.165, 1.54) is 0 Å². The van der Waals surface area contributed by atoms with Crippen molar-refractivity contribution in [3.63, 3.8) is 0 Å². The lowest BCUT2D eigenvalue weighted by molar-refractivity contribution is -0.120. The van der Waals surface area contributed by atoms with Crippen LogP contribution in [-0.4, -0.2) is 20.4 Å². The standard InChI is InChI=1S/C12H15ClN4O/c1-6-4-5-15-12-9(6)16-11(7(2)13)17(12)8(3)10(14)18/h4-5,7-8H,1-3H3,(H2,14,18). The van der Waals surface area contributed by atoms with Crippen LogP contribution in [0.3, 0.4) is 0 Å². The van der Waals surface area contributed by atoms with Crippen molar-refractivity contribution >= 4 is 28.7 Å². The fraction of sp³-hybridized carbons (Fsp3) is 0.417. The van der Waals surface area contributed by atoms with Crippen molar-refractivity contribution in [2.24, 2.45) is 5.73 Å². The quantitative estimate of drug-likeness (QED) is 0.865. The van der Waals surface area contributed by atoms with E-state index in [1.807, 2.05) is 19.9 Å². The highest BCUT2D eigenvalue weighted by molar-refractivity contribution is 6.20. The second-order valence-corrected chi connectivity index (χ2v) is 4.99. The van der Waals surface area contributed by atoms with E-state index in [9.17, 15) is 4.79 Å². The number of aryl methyl sites for hydroxylation is 1. The molecule has 2 atom stereocenters. The Morgan fingerprint density at radius 2 is 2.17 bits per heavy atom. The van der Waals surface area contributed by atoms with Gasteiger partial charge < -0.3 is 5.73 Å². The molecule has 0 bridgehead atoms. The van der Waals surface area contributed by atoms with Crippen molar-refractivity contribution in [3.05, 3.63) is 23.7 Å². The van der Waals surface area contributed by atoms with Crippen LogP contribution in [0, 0.1) is 6.92 Å². The summed E-state index contributed by atoms with van der Waals surface area (Å²) in [5.41, 5.74) is 7.76. The van der Waals surface area contributed by atoms with Gasteiger partial charge in [0.1, 0.15) is 17.4 Å². The molecular formula is C12H15ClN4O. The second kappa shape index (κ2) is 4.57. The van der Waals surface area contributed by atoms with Crippen LogP contribution >= 0.6 is 11.6 Å². The summed E-state index contributed by atoms with van der Waals surface area (Å²) < 4.78 is 1.71. The molecule has 2 rings (SSSR count). The Balaban J connectivity index is 2.79. The zero-order valence-electron chi connectivity index (χ0n) is 10.5. The average Bonchev–Trinajstić information content (AvgIpc) is 2.68. The molecule has 0 saturated carbocycles. The number of halogens is 1. The maximum atomic E-state index is 11.4. The summed E-state index contributed by atoms with van der Waals surface area (Å²) in [5.74, 6) is 0.177. The van der Waals surface area contributed by atoms with E-state index in [0.717, 1.165) is 11.1 Å². The van der Waals surface area contributed by atoms with E-state index in [-0.39, 0.29) is 5.38 Å². The topological polar surface area (TPSA) is 73.8 Å². The third-order valence-electron chi connectivity index (χ3n) is 2.96. The van der Waals surface area contributed by atoms with Gasteiger partial charge in [-0.15, -0.1) is 11.6 Å². The molecule has 2 unspecified atom stereocenters. The van der Waals surface area contributed by atoms with Crippen LogP contribution in [0.2, 0.25) is 0 Å². The number of carbonyl (C=O) groups is 1. The Morgan fingerprint density at radius 3 is 2.72 bits per heavy atom. The number of alkyl halides is 1. The fourth-order valence-electron chi connectivity index (χ4n) is 1.92. The van der Waals surface area contributed by atoms with Gasteiger partial charge in [-0.05, 0) is 32.4 Å². The highest BCUT2D eigenvalue weighted by Gasteiger charge is 2.23. The molecule has 0 aliphatic rings. The molecule has 2 aromatic rings. The number of fused-ring (bicyclic) bond motifs is 1. The van der Waals surface area contributed by atoms with E-state index < -0.39 is 11.9 Å². The summed E-state index contributed by atoms with van der Waals surface area (Å²) in [6, 6.07) is 1.34. The van der Waals surface area contributed by atoms with E-state index in [1.54, 1.807) is 17.7 Å². The molecule has 0 saturated heterocycles. The zero-order valence-corrected chi connectivity index (χ0v) is 11.3. The van der Waals surface area contributed by atoms with Gasteiger partial charge >= 0.3 is 0 Å². The lowest BCUT2D eigenvalue weighted by Crippen LogP contribution is -2.25. The van der Waals surface area contributed by atoms with Crippen molar-refractivity contribution in [1.82, 2.24) is 14.5 Å². The number of primary amides is 1. The SMILES string of the molecule is Cc1ccnc2c1nc(C(C)Cl)n2C(C)C(N)=O. The van der Waals surface area contributed by atoms with Crippen LogP contribution in [0.1, 0.15) is 36.7 Å². The second-order valence-electron chi connectivity index (χ2n) is 4.33. The van der Waals surface area contributed by atoms with Crippen molar-refractivity contribution in [2.75, 3.05) is 0 Å². The highest BCUT2D eigenvalue weighted by atomic mass is 35.5. The Bertz CT molecular complexity index is 605. The Morgan fingerprint density at radius 1 is 1.50 bits per heavy atom. The number of nitrogens with zero attached hydrogens (tertiary/aromatic N) is 3. The molecule has 0 fully saturated rings. The number of amides is 1. The molecular weight excluding hydrogens is 252 g/mol. The number of imidazole rings is 1. The van der Waals surface area contributed by atoms with Crippen LogP contribution in [0.15, 0.2) is 12.3 Å². The minimum absolute atomic E-state index is 0.319. The van der Waals surface area contributed by atoms with E-state index in [4.69, 9.17) is 17.3 Å². The summed E-state index contributed by atoms with van der Waals surface area (Å²) >= 11 is 6.12.